The molecule has 0 spiro atoms. The fraction of sp³-hybridized carbons (Fsp3) is 0.300. The number of nitrogens with zero attached hydrogens (tertiary/aromatic N) is 7. The smallest absolute Gasteiger partial charge is 0.221 e. The van der Waals surface area contributed by atoms with Crippen LogP contribution in [0.4, 0.5) is 11.5 Å². The van der Waals surface area contributed by atoms with Gasteiger partial charge in [-0.05, 0) is 6.92 Å². The number of nitrogens with one attached hydrogen (secondary N) is 1. The molecule has 8 heteroatoms. The first kappa shape index (κ1) is 10.6. The molecular formula is C10H12N8. The predicted molar refractivity (Wildman–Crippen MR) is 65.0 cm³/mol. The van der Waals surface area contributed by atoms with E-state index in [1.165, 1.54) is 0 Å². The molecule has 0 bridgehead atoms. The van der Waals surface area contributed by atoms with E-state index < -0.39 is 0 Å². The van der Waals surface area contributed by atoms with Crippen LogP contribution in [0.5, 0.6) is 0 Å². The summed E-state index contributed by atoms with van der Waals surface area (Å²) in [6, 6.07) is 0. The van der Waals surface area contributed by atoms with Crippen LogP contribution >= 0.6 is 0 Å². The normalized spacial score (nSPS) is 11.9. The van der Waals surface area contributed by atoms with Crippen molar-refractivity contribution in [1.82, 2.24) is 29.8 Å². The lowest BCUT2D eigenvalue weighted by molar-refractivity contribution is 0.740. The van der Waals surface area contributed by atoms with Crippen molar-refractivity contribution in [1.29, 1.82) is 0 Å². The van der Waals surface area contributed by atoms with Crippen molar-refractivity contribution in [2.45, 2.75) is 6.92 Å². The number of aryl methyl sites for hydroxylation is 2. The van der Waals surface area contributed by atoms with Gasteiger partial charge in [-0.15, -0.1) is 10.2 Å². The largest absolute Gasteiger partial charge is 0.272 e. The van der Waals surface area contributed by atoms with Crippen LogP contribution in [-0.2, 0) is 14.1 Å². The van der Waals surface area contributed by atoms with E-state index in [1.807, 2.05) is 21.0 Å². The Hall–Kier alpha value is -2.51. The quantitative estimate of drug-likeness (QED) is 0.696. The van der Waals surface area contributed by atoms with Gasteiger partial charge in [-0.3, -0.25) is 14.5 Å². The summed E-state index contributed by atoms with van der Waals surface area (Å²) in [5, 5.41) is 23.5. The Morgan fingerprint density at radius 2 is 1.89 bits per heavy atom. The Bertz CT molecular complexity index is 728. The van der Waals surface area contributed by atoms with Crippen molar-refractivity contribution < 1.29 is 0 Å². The fourth-order valence-corrected chi connectivity index (χ4v) is 1.71. The third kappa shape index (κ3) is 1.50. The van der Waals surface area contributed by atoms with E-state index >= 15 is 0 Å². The van der Waals surface area contributed by atoms with E-state index in [2.05, 4.69) is 30.6 Å². The number of aromatic nitrogens is 6. The van der Waals surface area contributed by atoms with Crippen LogP contribution in [0.15, 0.2) is 22.6 Å². The summed E-state index contributed by atoms with van der Waals surface area (Å²) < 4.78 is 3.46. The lowest BCUT2D eigenvalue weighted by Crippen LogP contribution is -1.91. The van der Waals surface area contributed by atoms with Gasteiger partial charge in [0.15, 0.2) is 0 Å². The Kier molecular flexibility index (Phi) is 2.22. The van der Waals surface area contributed by atoms with Crippen molar-refractivity contribution in [3.05, 3.63) is 18.1 Å². The minimum atomic E-state index is 0.522. The van der Waals surface area contributed by atoms with Gasteiger partial charge in [-0.25, -0.2) is 0 Å². The van der Waals surface area contributed by atoms with E-state index in [0.717, 1.165) is 22.4 Å². The summed E-state index contributed by atoms with van der Waals surface area (Å²) in [6.45, 7) is 1.94. The lowest BCUT2D eigenvalue weighted by Gasteiger charge is -1.93. The number of rotatable bonds is 2. The standard InChI is InChI=1S/C10H12N8/c1-6-7(4-11-17(6)2)13-15-10-9-8(14-16-10)5-12-18(9)3/h4-5H,1-3H3,(H,14,16). The molecule has 0 aliphatic heterocycles. The van der Waals surface area contributed by atoms with Crippen LogP contribution in [0.3, 0.4) is 0 Å². The zero-order valence-electron chi connectivity index (χ0n) is 10.3. The second-order valence-corrected chi connectivity index (χ2v) is 4.02. The predicted octanol–water partition coefficient (Wildman–Crippen LogP) is 1.75. The minimum absolute atomic E-state index is 0.522. The molecule has 8 nitrogen and oxygen atoms in total. The molecule has 92 valence electrons. The first-order chi connectivity index (χ1) is 8.66. The van der Waals surface area contributed by atoms with Gasteiger partial charge < -0.3 is 0 Å². The number of hydrogen-bond acceptors (Lipinski definition) is 5. The zero-order chi connectivity index (χ0) is 12.7. The second-order valence-electron chi connectivity index (χ2n) is 4.02. The molecule has 1 N–H and O–H groups in total. The highest BCUT2D eigenvalue weighted by molar-refractivity contribution is 5.84. The summed E-state index contributed by atoms with van der Waals surface area (Å²) in [4.78, 5) is 0. The maximum atomic E-state index is 4.16. The second kappa shape index (κ2) is 3.76. The number of aromatic amines is 1. The molecule has 18 heavy (non-hydrogen) atoms. The first-order valence-corrected chi connectivity index (χ1v) is 5.43. The summed E-state index contributed by atoms with van der Waals surface area (Å²) in [5.41, 5.74) is 3.36. The van der Waals surface area contributed by atoms with Crippen LogP contribution in [0.1, 0.15) is 5.69 Å². The summed E-state index contributed by atoms with van der Waals surface area (Å²) in [7, 11) is 3.70. The lowest BCUT2D eigenvalue weighted by atomic mass is 10.4. The summed E-state index contributed by atoms with van der Waals surface area (Å²) in [6.07, 6.45) is 3.38. The molecule has 0 unspecified atom stereocenters. The van der Waals surface area contributed by atoms with E-state index in [4.69, 9.17) is 0 Å². The molecule has 0 saturated carbocycles. The Balaban J connectivity index is 2.01. The molecule has 0 radical (unpaired) electrons. The first-order valence-electron chi connectivity index (χ1n) is 5.43. The van der Waals surface area contributed by atoms with Gasteiger partial charge in [0, 0.05) is 14.1 Å². The molecule has 0 amide bonds. The maximum Gasteiger partial charge on any atom is 0.221 e. The molecular weight excluding hydrogens is 232 g/mol. The third-order valence-corrected chi connectivity index (χ3v) is 2.89. The van der Waals surface area contributed by atoms with Gasteiger partial charge >= 0.3 is 0 Å². The molecule has 3 aromatic rings. The Morgan fingerprint density at radius 1 is 1.11 bits per heavy atom. The number of H-pyrrole nitrogens is 1. The van der Waals surface area contributed by atoms with Gasteiger partial charge in [0.25, 0.3) is 0 Å². The monoisotopic (exact) mass is 244 g/mol. The number of fused-ring (bicyclic) bond motifs is 1. The molecule has 3 aromatic heterocycles. The highest BCUT2D eigenvalue weighted by Gasteiger charge is 2.09. The van der Waals surface area contributed by atoms with Crippen molar-refractivity contribution in [2.24, 2.45) is 24.3 Å². The minimum Gasteiger partial charge on any atom is -0.272 e. The van der Waals surface area contributed by atoms with Gasteiger partial charge in [0.2, 0.25) is 5.82 Å². The van der Waals surface area contributed by atoms with Crippen molar-refractivity contribution in [3.63, 3.8) is 0 Å². The molecule has 0 aromatic carbocycles. The Labute approximate surface area is 102 Å². The van der Waals surface area contributed by atoms with Crippen LogP contribution in [0.25, 0.3) is 11.0 Å². The molecule has 0 atom stereocenters. The van der Waals surface area contributed by atoms with Gasteiger partial charge in [0.05, 0.1) is 18.1 Å². The topological polar surface area (TPSA) is 89.0 Å². The fourth-order valence-electron chi connectivity index (χ4n) is 1.71. The SMILES string of the molecule is Cc1c(N=Nc2n[nH]c3cnn(C)c23)cnn1C. The van der Waals surface area contributed by atoms with Crippen molar-refractivity contribution >= 4 is 22.5 Å². The molecule has 3 rings (SSSR count). The molecule has 0 aliphatic carbocycles. The molecule has 0 aliphatic rings. The average molecular weight is 244 g/mol. The van der Waals surface area contributed by atoms with Gasteiger partial charge in [-0.1, -0.05) is 0 Å². The van der Waals surface area contributed by atoms with Gasteiger partial charge in [0.1, 0.15) is 16.7 Å². The van der Waals surface area contributed by atoms with Crippen LogP contribution in [0, 0.1) is 6.92 Å². The number of hydrogen-bond donors (Lipinski definition) is 1. The zero-order valence-corrected chi connectivity index (χ0v) is 10.3. The third-order valence-electron chi connectivity index (χ3n) is 2.89. The molecule has 3 heterocycles. The van der Waals surface area contributed by atoms with Crippen molar-refractivity contribution in [3.8, 4) is 0 Å². The summed E-state index contributed by atoms with van der Waals surface area (Å²) >= 11 is 0. The van der Waals surface area contributed by atoms with Crippen molar-refractivity contribution in [2.75, 3.05) is 0 Å². The van der Waals surface area contributed by atoms with E-state index in [9.17, 15) is 0 Å². The number of azo groups is 1. The highest BCUT2D eigenvalue weighted by atomic mass is 15.3. The summed E-state index contributed by atoms with van der Waals surface area (Å²) in [5.74, 6) is 0.522. The van der Waals surface area contributed by atoms with Gasteiger partial charge in [-0.2, -0.15) is 15.3 Å². The van der Waals surface area contributed by atoms with Crippen LogP contribution in [-0.4, -0.2) is 29.8 Å². The van der Waals surface area contributed by atoms with E-state index in [0.29, 0.717) is 5.82 Å². The highest BCUT2D eigenvalue weighted by Crippen LogP contribution is 2.25. The van der Waals surface area contributed by atoms with E-state index in [1.54, 1.807) is 21.8 Å². The van der Waals surface area contributed by atoms with E-state index in [-0.39, 0.29) is 0 Å². The Morgan fingerprint density at radius 3 is 2.61 bits per heavy atom. The molecule has 0 fully saturated rings. The average Bonchev–Trinajstić information content (AvgIpc) is 3.00. The van der Waals surface area contributed by atoms with Crippen LogP contribution < -0.4 is 0 Å². The van der Waals surface area contributed by atoms with Crippen LogP contribution in [0.2, 0.25) is 0 Å². The maximum absolute atomic E-state index is 4.16. The molecule has 0 saturated heterocycles.